The molecule has 6 N–H and O–H groups in total. The van der Waals surface area contributed by atoms with Gasteiger partial charge in [0.2, 0.25) is 5.78 Å². The molecule has 14 nitrogen and oxygen atoms in total. The largest absolute Gasteiger partial charge is 0.504 e. The zero-order valence-electron chi connectivity index (χ0n) is 33.3. The van der Waals surface area contributed by atoms with Crippen molar-refractivity contribution in [2.75, 3.05) is 13.7 Å². The maximum atomic E-state index is 14.0. The molecule has 0 radical (unpaired) electrons. The monoisotopic (exact) mass is 780 g/mol. The van der Waals surface area contributed by atoms with Gasteiger partial charge >= 0.3 is 5.97 Å². The van der Waals surface area contributed by atoms with Crippen molar-refractivity contribution in [2.45, 2.75) is 161 Å². The molecule has 2 saturated heterocycles. The maximum Gasteiger partial charge on any atom is 0.337 e. The molecule has 0 spiro atoms. The van der Waals surface area contributed by atoms with Gasteiger partial charge in [-0.15, -0.1) is 0 Å². The molecular weight excluding hydrogens is 716 g/mol. The lowest BCUT2D eigenvalue weighted by molar-refractivity contribution is -0.351. The van der Waals surface area contributed by atoms with E-state index in [2.05, 4.69) is 27.7 Å². The lowest BCUT2D eigenvalue weighted by atomic mass is 9.44. The Morgan fingerprint density at radius 3 is 2.27 bits per heavy atom. The number of allylic oxidation sites excluding steroid dienone is 2. The van der Waals surface area contributed by atoms with E-state index in [1.165, 1.54) is 0 Å². The summed E-state index contributed by atoms with van der Waals surface area (Å²) in [6.45, 7) is 12.2. The number of carbonyl (C=O) groups excluding carboxylic acids is 3. The molecule has 0 aromatic carbocycles. The number of methoxy groups -OCH3 is 1. The van der Waals surface area contributed by atoms with Crippen LogP contribution in [0.25, 0.3) is 0 Å². The molecule has 4 aliphatic carbocycles. The van der Waals surface area contributed by atoms with Gasteiger partial charge < -0.3 is 54.3 Å². The van der Waals surface area contributed by atoms with Crippen molar-refractivity contribution in [3.8, 4) is 0 Å². The van der Waals surface area contributed by atoms with Crippen LogP contribution in [0.3, 0.4) is 0 Å². The van der Waals surface area contributed by atoms with Gasteiger partial charge in [-0.2, -0.15) is 0 Å². The minimum atomic E-state index is -1.74. The number of fused-ring (bicyclic) bond motifs is 5. The molecule has 0 aromatic rings. The fourth-order valence-electron chi connectivity index (χ4n) is 12.0. The second-order valence-electron chi connectivity index (χ2n) is 18.3. The van der Waals surface area contributed by atoms with Gasteiger partial charge in [0, 0.05) is 23.7 Å². The van der Waals surface area contributed by atoms with Gasteiger partial charge in [-0.05, 0) is 91.9 Å². The number of carbonyl (C=O) groups is 3. The quantitative estimate of drug-likeness (QED) is 0.131. The van der Waals surface area contributed by atoms with Gasteiger partial charge in [0.05, 0.1) is 19.8 Å². The highest BCUT2D eigenvalue weighted by Crippen LogP contribution is 2.67. The number of hydrogen-bond donors (Lipinski definition) is 6. The molecule has 55 heavy (non-hydrogen) atoms. The molecule has 6 aliphatic rings. The smallest absolute Gasteiger partial charge is 0.337 e. The minimum Gasteiger partial charge on any atom is -0.504 e. The first-order chi connectivity index (χ1) is 25.9. The first kappa shape index (κ1) is 42.6. The van der Waals surface area contributed by atoms with Crippen LogP contribution in [0.2, 0.25) is 0 Å². The van der Waals surface area contributed by atoms with E-state index in [9.17, 15) is 45.0 Å². The summed E-state index contributed by atoms with van der Waals surface area (Å²) in [5.41, 5.74) is 0.146. The number of ether oxygens (including phenoxy) is 5. The van der Waals surface area contributed by atoms with Crippen LogP contribution in [0.15, 0.2) is 11.3 Å². The predicted molar refractivity (Wildman–Crippen MR) is 195 cm³/mol. The lowest BCUT2D eigenvalue weighted by Crippen LogP contribution is -2.64. The molecule has 2 aliphatic heterocycles. The van der Waals surface area contributed by atoms with Crippen LogP contribution in [0.4, 0.5) is 0 Å². The molecule has 0 bridgehead atoms. The molecule has 3 saturated carbocycles. The number of rotatable bonds is 11. The number of hydrogen-bond acceptors (Lipinski definition) is 14. The Kier molecular flexibility index (Phi) is 12.6. The van der Waals surface area contributed by atoms with Crippen molar-refractivity contribution in [1.29, 1.82) is 0 Å². The van der Waals surface area contributed by atoms with Gasteiger partial charge in [-0.3, -0.25) is 9.59 Å². The molecule has 0 amide bonds. The first-order valence-electron chi connectivity index (χ1n) is 20.5. The molecule has 0 aromatic heterocycles. The van der Waals surface area contributed by atoms with E-state index in [1.807, 2.05) is 13.8 Å². The van der Waals surface area contributed by atoms with Crippen molar-refractivity contribution in [1.82, 2.24) is 0 Å². The Morgan fingerprint density at radius 1 is 0.909 bits per heavy atom. The van der Waals surface area contributed by atoms with Crippen molar-refractivity contribution in [3.63, 3.8) is 0 Å². The van der Waals surface area contributed by atoms with Crippen LogP contribution < -0.4 is 0 Å². The van der Waals surface area contributed by atoms with Gasteiger partial charge in [0.15, 0.2) is 24.4 Å². The third kappa shape index (κ3) is 7.46. The summed E-state index contributed by atoms with van der Waals surface area (Å²) in [6.07, 6.45) is -8.12. The molecule has 2 heterocycles. The second kappa shape index (κ2) is 16.3. The third-order valence-electron chi connectivity index (χ3n) is 14.9. The molecule has 312 valence electrons. The van der Waals surface area contributed by atoms with Crippen molar-refractivity contribution in [2.24, 2.45) is 52.3 Å². The van der Waals surface area contributed by atoms with E-state index in [4.69, 9.17) is 23.7 Å². The van der Waals surface area contributed by atoms with Crippen LogP contribution in [-0.2, 0) is 38.1 Å². The summed E-state index contributed by atoms with van der Waals surface area (Å²) in [4.78, 5) is 40.1. The molecule has 14 heteroatoms. The number of esters is 1. The average Bonchev–Trinajstić information content (AvgIpc) is 3.34. The van der Waals surface area contributed by atoms with Crippen molar-refractivity contribution >= 4 is 17.5 Å². The topological polar surface area (TPSA) is 219 Å². The van der Waals surface area contributed by atoms with E-state index < -0.39 is 66.7 Å². The highest BCUT2D eigenvalue weighted by molar-refractivity contribution is 6.00. The number of aliphatic hydroxyl groups is 6. The fourth-order valence-corrected chi connectivity index (χ4v) is 12.0. The van der Waals surface area contributed by atoms with Gasteiger partial charge in [0.1, 0.15) is 42.4 Å². The molecule has 5 fully saturated rings. The summed E-state index contributed by atoms with van der Waals surface area (Å²) in [5, 5.41) is 64.3. The predicted octanol–water partition coefficient (Wildman–Crippen LogP) is 2.74. The van der Waals surface area contributed by atoms with Gasteiger partial charge in [0.25, 0.3) is 0 Å². The van der Waals surface area contributed by atoms with Crippen molar-refractivity contribution < 1.29 is 68.7 Å². The van der Waals surface area contributed by atoms with E-state index in [0.29, 0.717) is 19.3 Å². The Hall–Kier alpha value is -2.01. The molecule has 18 atom stereocenters. The number of Topliss-reactive ketones (excluding diaryl/α,β-unsaturated/α-hetero) is 2. The molecule has 6 rings (SSSR count). The Morgan fingerprint density at radius 2 is 1.62 bits per heavy atom. The molecule has 0 unspecified atom stereocenters. The SMILES string of the molecule is CC[C@H](C(=O)C[C@@H](C)C1=C(O)C(=O)[C@@H]2[C@@H]3CC[C@H]4C[C@@H](O[C@@H]5O[C@H](C(=O)OC)[C@@H](O)[C@H](O[C@@H]6OC[C@@H](O)[C@H](O)[C@H]6O)[C@H]5O)CC[C@]4(C)[C@H]3CC[C@]12C)C(C)C. The Labute approximate surface area is 323 Å². The van der Waals surface area contributed by atoms with Gasteiger partial charge in [-0.1, -0.05) is 41.5 Å². The average molecular weight is 781 g/mol. The summed E-state index contributed by atoms with van der Waals surface area (Å²) in [7, 11) is 1.13. The third-order valence-corrected chi connectivity index (χ3v) is 14.9. The Bertz CT molecular complexity index is 1470. The highest BCUT2D eigenvalue weighted by Gasteiger charge is 2.64. The van der Waals surface area contributed by atoms with Crippen LogP contribution in [0.5, 0.6) is 0 Å². The van der Waals surface area contributed by atoms with Crippen LogP contribution in [-0.4, -0.2) is 123 Å². The summed E-state index contributed by atoms with van der Waals surface area (Å²) < 4.78 is 28.1. The fraction of sp³-hybridized carbons (Fsp3) is 0.878. The van der Waals surface area contributed by atoms with E-state index in [1.54, 1.807) is 0 Å². The lowest BCUT2D eigenvalue weighted by Gasteiger charge is -2.60. The summed E-state index contributed by atoms with van der Waals surface area (Å²) in [5.74, 6) is -0.861. The summed E-state index contributed by atoms with van der Waals surface area (Å²) in [6, 6.07) is 0. The normalized spacial score (nSPS) is 45.7. The van der Waals surface area contributed by atoms with E-state index in [0.717, 1.165) is 51.2 Å². The maximum absolute atomic E-state index is 14.0. The number of ketones is 2. The molecular formula is C41H64O14. The van der Waals surface area contributed by atoms with E-state index >= 15 is 0 Å². The van der Waals surface area contributed by atoms with Crippen LogP contribution in [0.1, 0.15) is 99.3 Å². The zero-order chi connectivity index (χ0) is 40.3. The highest BCUT2D eigenvalue weighted by atomic mass is 16.7. The second-order valence-corrected chi connectivity index (χ2v) is 18.3. The standard InChI is InChI=1S/C41H64O14/c1-8-22(18(2)3)25(42)15-19(4)27-30(45)31(46)28-23-10-9-20-16-21(11-13-40(20,5)24(23)12-14-41(27,28)6)53-39-34(49)35(33(48)36(55-39)37(50)51-7)54-38-32(47)29(44)26(43)17-52-38/h18-24,26,28-29,32-36,38-39,43-45,47-49H,8-17H2,1-7H3/t19-,20+,21+,22+,23-,24+,26-,28+,29+,32-,33+,34-,35+,36+,38+,39-,40+,41-/m1/s1. The van der Waals surface area contributed by atoms with Crippen molar-refractivity contribution in [3.05, 3.63) is 11.3 Å². The van der Waals surface area contributed by atoms with Gasteiger partial charge in [-0.25, -0.2) is 4.79 Å². The minimum absolute atomic E-state index is 0.0458. The number of aliphatic hydroxyl groups excluding tert-OH is 6. The summed E-state index contributed by atoms with van der Waals surface area (Å²) >= 11 is 0. The van der Waals surface area contributed by atoms with Crippen LogP contribution in [0, 0.1) is 52.3 Å². The van der Waals surface area contributed by atoms with Crippen LogP contribution >= 0.6 is 0 Å². The first-order valence-corrected chi connectivity index (χ1v) is 20.5. The zero-order valence-corrected chi connectivity index (χ0v) is 33.3. The Balaban J connectivity index is 1.14. The van der Waals surface area contributed by atoms with E-state index in [-0.39, 0.29) is 76.9 Å².